The highest BCUT2D eigenvalue weighted by Crippen LogP contribution is 2.11. The lowest BCUT2D eigenvalue weighted by Gasteiger charge is -2.08. The van der Waals surface area contributed by atoms with Crippen molar-refractivity contribution in [3.63, 3.8) is 0 Å². The molecule has 0 aliphatic rings. The lowest BCUT2D eigenvalue weighted by Crippen LogP contribution is -2.26. The SMILES string of the molecule is COc1ccc(CCNC(=O)c2cnc(NCC(C)C)cn2)cc1. The van der Waals surface area contributed by atoms with E-state index in [1.54, 1.807) is 13.3 Å². The fourth-order valence-corrected chi connectivity index (χ4v) is 2.05. The van der Waals surface area contributed by atoms with Crippen LogP contribution in [0.3, 0.4) is 0 Å². The van der Waals surface area contributed by atoms with E-state index >= 15 is 0 Å². The number of hydrogen-bond donors (Lipinski definition) is 2. The summed E-state index contributed by atoms with van der Waals surface area (Å²) in [6.07, 6.45) is 3.82. The fourth-order valence-electron chi connectivity index (χ4n) is 2.05. The summed E-state index contributed by atoms with van der Waals surface area (Å²) in [5.41, 5.74) is 1.45. The molecule has 2 aromatic rings. The summed E-state index contributed by atoms with van der Waals surface area (Å²) in [5.74, 6) is 1.81. The van der Waals surface area contributed by atoms with Crippen molar-refractivity contribution in [2.75, 3.05) is 25.5 Å². The number of nitrogens with zero attached hydrogens (tertiary/aromatic N) is 2. The van der Waals surface area contributed by atoms with Gasteiger partial charge in [0.15, 0.2) is 0 Å². The van der Waals surface area contributed by atoms with Crippen LogP contribution in [0.2, 0.25) is 0 Å². The monoisotopic (exact) mass is 328 g/mol. The average Bonchev–Trinajstić information content (AvgIpc) is 2.61. The van der Waals surface area contributed by atoms with E-state index in [1.165, 1.54) is 6.20 Å². The fraction of sp³-hybridized carbons (Fsp3) is 0.389. The molecule has 0 aliphatic heterocycles. The van der Waals surface area contributed by atoms with Gasteiger partial charge in [0.2, 0.25) is 0 Å². The molecule has 0 bridgehead atoms. The maximum absolute atomic E-state index is 12.1. The number of anilines is 1. The third kappa shape index (κ3) is 5.53. The lowest BCUT2D eigenvalue weighted by molar-refractivity contribution is 0.0949. The molecule has 0 radical (unpaired) electrons. The van der Waals surface area contributed by atoms with E-state index in [0.717, 1.165) is 24.3 Å². The van der Waals surface area contributed by atoms with Gasteiger partial charge in [-0.1, -0.05) is 26.0 Å². The van der Waals surface area contributed by atoms with Gasteiger partial charge < -0.3 is 15.4 Å². The molecule has 0 spiro atoms. The molecule has 0 aliphatic carbocycles. The highest BCUT2D eigenvalue weighted by atomic mass is 16.5. The summed E-state index contributed by atoms with van der Waals surface area (Å²) in [7, 11) is 1.64. The zero-order valence-electron chi connectivity index (χ0n) is 14.4. The van der Waals surface area contributed by atoms with E-state index < -0.39 is 0 Å². The zero-order valence-corrected chi connectivity index (χ0v) is 14.4. The van der Waals surface area contributed by atoms with Gasteiger partial charge in [0.25, 0.3) is 5.91 Å². The Hall–Kier alpha value is -2.63. The van der Waals surface area contributed by atoms with Gasteiger partial charge in [-0.3, -0.25) is 4.79 Å². The van der Waals surface area contributed by atoms with E-state index in [1.807, 2.05) is 24.3 Å². The molecular formula is C18H24N4O2. The summed E-state index contributed by atoms with van der Waals surface area (Å²) in [4.78, 5) is 20.4. The van der Waals surface area contributed by atoms with Crippen molar-refractivity contribution in [1.29, 1.82) is 0 Å². The molecule has 0 fully saturated rings. The van der Waals surface area contributed by atoms with E-state index in [2.05, 4.69) is 34.4 Å². The van der Waals surface area contributed by atoms with Gasteiger partial charge in [0, 0.05) is 13.1 Å². The molecule has 0 unspecified atom stereocenters. The molecule has 6 nitrogen and oxygen atoms in total. The third-order valence-electron chi connectivity index (χ3n) is 3.43. The normalized spacial score (nSPS) is 10.5. The van der Waals surface area contributed by atoms with E-state index in [9.17, 15) is 4.79 Å². The van der Waals surface area contributed by atoms with Gasteiger partial charge >= 0.3 is 0 Å². The standard InChI is InChI=1S/C18H24N4O2/c1-13(2)10-21-17-12-20-16(11-22-17)18(23)19-9-8-14-4-6-15(24-3)7-5-14/h4-7,11-13H,8-10H2,1-3H3,(H,19,23)(H,21,22). The number of hydrogen-bond acceptors (Lipinski definition) is 5. The van der Waals surface area contributed by atoms with Gasteiger partial charge in [-0.05, 0) is 30.0 Å². The number of rotatable bonds is 8. The summed E-state index contributed by atoms with van der Waals surface area (Å²) < 4.78 is 5.12. The first-order valence-corrected chi connectivity index (χ1v) is 8.05. The van der Waals surface area contributed by atoms with Crippen molar-refractivity contribution in [2.24, 2.45) is 5.92 Å². The molecule has 6 heteroatoms. The van der Waals surface area contributed by atoms with Crippen LogP contribution in [0, 0.1) is 5.92 Å². The molecule has 0 saturated heterocycles. The molecule has 1 aromatic heterocycles. The van der Waals surface area contributed by atoms with Crippen LogP contribution in [-0.4, -0.2) is 36.1 Å². The third-order valence-corrected chi connectivity index (χ3v) is 3.43. The van der Waals surface area contributed by atoms with Crippen LogP contribution in [-0.2, 0) is 6.42 Å². The number of methoxy groups -OCH3 is 1. The van der Waals surface area contributed by atoms with E-state index in [0.29, 0.717) is 24.0 Å². The van der Waals surface area contributed by atoms with Crippen molar-refractivity contribution in [3.05, 3.63) is 47.9 Å². The van der Waals surface area contributed by atoms with E-state index in [4.69, 9.17) is 4.74 Å². The number of carbonyl (C=O) groups excluding carboxylic acids is 1. The van der Waals surface area contributed by atoms with Gasteiger partial charge in [-0.15, -0.1) is 0 Å². The Bertz CT molecular complexity index is 639. The maximum Gasteiger partial charge on any atom is 0.271 e. The molecule has 0 saturated carbocycles. The highest BCUT2D eigenvalue weighted by molar-refractivity contribution is 5.91. The summed E-state index contributed by atoms with van der Waals surface area (Å²) in [5, 5.41) is 6.02. The number of carbonyl (C=O) groups is 1. The Balaban J connectivity index is 1.79. The minimum Gasteiger partial charge on any atom is -0.497 e. The van der Waals surface area contributed by atoms with Crippen LogP contribution in [0.1, 0.15) is 29.9 Å². The van der Waals surface area contributed by atoms with Crippen LogP contribution in [0.25, 0.3) is 0 Å². The second-order valence-electron chi connectivity index (χ2n) is 5.92. The largest absolute Gasteiger partial charge is 0.497 e. The number of amides is 1. The zero-order chi connectivity index (χ0) is 17.4. The maximum atomic E-state index is 12.1. The number of nitrogens with one attached hydrogen (secondary N) is 2. The molecule has 1 heterocycles. The average molecular weight is 328 g/mol. The smallest absolute Gasteiger partial charge is 0.271 e. The van der Waals surface area contributed by atoms with Crippen LogP contribution < -0.4 is 15.4 Å². The Kier molecular flexibility index (Phi) is 6.54. The highest BCUT2D eigenvalue weighted by Gasteiger charge is 2.07. The van der Waals surface area contributed by atoms with Gasteiger partial charge in [0.05, 0.1) is 19.5 Å². The van der Waals surface area contributed by atoms with Crippen LogP contribution in [0.4, 0.5) is 5.82 Å². The summed E-state index contributed by atoms with van der Waals surface area (Å²) >= 11 is 0. The quantitative estimate of drug-likeness (QED) is 0.779. The minimum atomic E-state index is -0.216. The van der Waals surface area contributed by atoms with Crippen LogP contribution >= 0.6 is 0 Å². The Morgan fingerprint density at radius 3 is 2.50 bits per heavy atom. The van der Waals surface area contributed by atoms with Crippen LogP contribution in [0.5, 0.6) is 5.75 Å². The van der Waals surface area contributed by atoms with Crippen molar-refractivity contribution in [2.45, 2.75) is 20.3 Å². The van der Waals surface area contributed by atoms with E-state index in [-0.39, 0.29) is 5.91 Å². The Labute approximate surface area is 142 Å². The first-order chi connectivity index (χ1) is 11.6. The second kappa shape index (κ2) is 8.86. The van der Waals surface area contributed by atoms with Gasteiger partial charge in [-0.25, -0.2) is 9.97 Å². The summed E-state index contributed by atoms with van der Waals surface area (Å²) in [6.45, 7) is 5.60. The van der Waals surface area contributed by atoms with Crippen molar-refractivity contribution in [1.82, 2.24) is 15.3 Å². The molecule has 1 aromatic carbocycles. The Morgan fingerprint density at radius 2 is 1.92 bits per heavy atom. The first-order valence-electron chi connectivity index (χ1n) is 8.05. The number of ether oxygens (including phenoxy) is 1. The molecule has 2 N–H and O–H groups in total. The number of benzene rings is 1. The predicted molar refractivity (Wildman–Crippen MR) is 94.4 cm³/mol. The first kappa shape index (κ1) is 17.7. The van der Waals surface area contributed by atoms with Gasteiger partial charge in [0.1, 0.15) is 17.3 Å². The predicted octanol–water partition coefficient (Wildman–Crippen LogP) is 2.53. The number of aromatic nitrogens is 2. The van der Waals surface area contributed by atoms with Crippen molar-refractivity contribution < 1.29 is 9.53 Å². The molecule has 2 rings (SSSR count). The molecule has 1 amide bonds. The minimum absolute atomic E-state index is 0.216. The van der Waals surface area contributed by atoms with Crippen molar-refractivity contribution in [3.8, 4) is 5.75 Å². The Morgan fingerprint density at radius 1 is 1.17 bits per heavy atom. The topological polar surface area (TPSA) is 76.1 Å². The molecule has 128 valence electrons. The van der Waals surface area contributed by atoms with Crippen molar-refractivity contribution >= 4 is 11.7 Å². The molecule has 0 atom stereocenters. The molecule has 24 heavy (non-hydrogen) atoms. The van der Waals surface area contributed by atoms with Gasteiger partial charge in [-0.2, -0.15) is 0 Å². The lowest BCUT2D eigenvalue weighted by atomic mass is 10.1. The van der Waals surface area contributed by atoms with Crippen LogP contribution in [0.15, 0.2) is 36.7 Å². The second-order valence-corrected chi connectivity index (χ2v) is 5.92. The molecular weight excluding hydrogens is 304 g/mol. The summed E-state index contributed by atoms with van der Waals surface area (Å²) in [6, 6.07) is 7.79.